The van der Waals surface area contributed by atoms with E-state index in [1.165, 1.54) is 6.42 Å². The first-order chi connectivity index (χ1) is 9.99. The van der Waals surface area contributed by atoms with E-state index in [2.05, 4.69) is 38.5 Å². The zero-order valence-electron chi connectivity index (χ0n) is 14.7. The molecule has 0 unspecified atom stereocenters. The van der Waals surface area contributed by atoms with Crippen LogP contribution in [0.1, 0.15) is 54.4 Å². The molecular weight excluding hydrogens is 260 g/mol. The van der Waals surface area contributed by atoms with Gasteiger partial charge in [0.25, 0.3) is 0 Å². The Labute approximate surface area is 131 Å². The molecule has 0 aliphatic heterocycles. The van der Waals surface area contributed by atoms with Crippen molar-refractivity contribution in [1.29, 1.82) is 0 Å². The molecule has 0 radical (unpaired) electrons. The third-order valence-electron chi connectivity index (χ3n) is 2.85. The summed E-state index contributed by atoms with van der Waals surface area (Å²) in [5.41, 5.74) is 7.49. The number of hydrazine groups is 1. The molecule has 0 saturated carbocycles. The van der Waals surface area contributed by atoms with Crippen molar-refractivity contribution < 1.29 is 4.74 Å². The molecule has 1 rings (SSSR count). The van der Waals surface area contributed by atoms with Gasteiger partial charge in [-0.15, -0.1) is 0 Å². The van der Waals surface area contributed by atoms with E-state index in [1.807, 2.05) is 44.2 Å². The average molecular weight is 294 g/mol. The van der Waals surface area contributed by atoms with Gasteiger partial charge in [-0.05, 0) is 44.7 Å². The Kier molecular flexibility index (Phi) is 11.0. The second-order valence-electron chi connectivity index (χ2n) is 6.09. The van der Waals surface area contributed by atoms with E-state index in [-0.39, 0.29) is 5.54 Å². The van der Waals surface area contributed by atoms with Crippen LogP contribution in [0.4, 0.5) is 5.69 Å². The number of hydrogen-bond acceptors (Lipinski definition) is 3. The van der Waals surface area contributed by atoms with Gasteiger partial charge in [-0.1, -0.05) is 45.9 Å². The number of anilines is 1. The number of benzene rings is 1. The van der Waals surface area contributed by atoms with Crippen LogP contribution in [0.2, 0.25) is 0 Å². The minimum absolute atomic E-state index is 0.0896. The lowest BCUT2D eigenvalue weighted by Crippen LogP contribution is -2.46. The Morgan fingerprint density at radius 3 is 2.29 bits per heavy atom. The van der Waals surface area contributed by atoms with Gasteiger partial charge >= 0.3 is 0 Å². The van der Waals surface area contributed by atoms with E-state index in [1.54, 1.807) is 0 Å². The first-order valence-electron chi connectivity index (χ1n) is 8.15. The number of rotatable bonds is 9. The van der Waals surface area contributed by atoms with Crippen molar-refractivity contribution in [3.8, 4) is 0 Å². The summed E-state index contributed by atoms with van der Waals surface area (Å²) in [7, 11) is 0. The predicted octanol–water partition coefficient (Wildman–Crippen LogP) is 4.86. The van der Waals surface area contributed by atoms with Crippen LogP contribution in [0.5, 0.6) is 0 Å². The fraction of sp³-hybridized carbons (Fsp3) is 0.667. The molecule has 0 aromatic heterocycles. The quantitative estimate of drug-likeness (QED) is 0.504. The van der Waals surface area contributed by atoms with Gasteiger partial charge in [0.2, 0.25) is 0 Å². The predicted molar refractivity (Wildman–Crippen MR) is 93.5 cm³/mol. The van der Waals surface area contributed by atoms with Crippen molar-refractivity contribution >= 4 is 5.69 Å². The smallest absolute Gasteiger partial charge is 0.0660 e. The summed E-state index contributed by atoms with van der Waals surface area (Å²) < 4.78 is 5.73. The molecule has 0 amide bonds. The van der Waals surface area contributed by atoms with Crippen LogP contribution in [-0.4, -0.2) is 18.8 Å². The Morgan fingerprint density at radius 2 is 1.71 bits per heavy atom. The minimum Gasteiger partial charge on any atom is -0.379 e. The van der Waals surface area contributed by atoms with E-state index in [0.29, 0.717) is 6.61 Å². The molecule has 0 spiro atoms. The van der Waals surface area contributed by atoms with Crippen molar-refractivity contribution in [2.45, 2.75) is 59.9 Å². The Hall–Kier alpha value is -1.06. The average Bonchev–Trinajstić information content (AvgIpc) is 2.48. The molecule has 3 nitrogen and oxygen atoms in total. The molecule has 0 aliphatic rings. The molecule has 0 saturated heterocycles. The van der Waals surface area contributed by atoms with Gasteiger partial charge < -0.3 is 10.2 Å². The van der Waals surface area contributed by atoms with Gasteiger partial charge in [0.1, 0.15) is 0 Å². The van der Waals surface area contributed by atoms with E-state index in [9.17, 15) is 0 Å². The molecule has 122 valence electrons. The molecule has 0 aliphatic carbocycles. The van der Waals surface area contributed by atoms with E-state index in [0.717, 1.165) is 24.6 Å². The van der Waals surface area contributed by atoms with Crippen LogP contribution in [-0.2, 0) is 4.74 Å². The third-order valence-corrected chi connectivity index (χ3v) is 2.85. The second-order valence-corrected chi connectivity index (χ2v) is 6.09. The first kappa shape index (κ1) is 19.9. The second kappa shape index (κ2) is 11.6. The van der Waals surface area contributed by atoms with E-state index >= 15 is 0 Å². The monoisotopic (exact) mass is 294 g/mol. The van der Waals surface area contributed by atoms with Crippen molar-refractivity contribution in [1.82, 2.24) is 5.43 Å². The van der Waals surface area contributed by atoms with Crippen molar-refractivity contribution in [2.24, 2.45) is 5.92 Å². The lowest BCUT2D eigenvalue weighted by Gasteiger charge is -2.27. The molecule has 0 fully saturated rings. The topological polar surface area (TPSA) is 33.3 Å². The fourth-order valence-corrected chi connectivity index (χ4v) is 1.72. The summed E-state index contributed by atoms with van der Waals surface area (Å²) >= 11 is 0. The molecular formula is C18H34N2O. The van der Waals surface area contributed by atoms with Crippen LogP contribution in [0.15, 0.2) is 30.3 Å². The lowest BCUT2D eigenvalue weighted by atomic mass is 10.1. The molecule has 2 N–H and O–H groups in total. The zero-order chi connectivity index (χ0) is 16.1. The number of nitrogens with one attached hydrogen (secondary N) is 2. The molecule has 0 bridgehead atoms. The highest BCUT2D eigenvalue weighted by molar-refractivity contribution is 5.41. The zero-order valence-corrected chi connectivity index (χ0v) is 14.7. The molecule has 1 aromatic carbocycles. The largest absolute Gasteiger partial charge is 0.379 e. The maximum absolute atomic E-state index is 5.73. The van der Waals surface area contributed by atoms with Crippen molar-refractivity contribution in [2.75, 3.05) is 18.6 Å². The van der Waals surface area contributed by atoms with Gasteiger partial charge in [0, 0.05) is 12.3 Å². The van der Waals surface area contributed by atoms with Crippen LogP contribution >= 0.6 is 0 Å². The maximum atomic E-state index is 5.73. The summed E-state index contributed by atoms with van der Waals surface area (Å²) in [4.78, 5) is 0. The summed E-state index contributed by atoms with van der Waals surface area (Å²) in [6, 6.07) is 10.1. The fourth-order valence-electron chi connectivity index (χ4n) is 1.72. The summed E-state index contributed by atoms with van der Waals surface area (Å²) in [6.07, 6.45) is 2.37. The van der Waals surface area contributed by atoms with Crippen molar-refractivity contribution in [3.05, 3.63) is 30.3 Å². The Morgan fingerprint density at radius 1 is 1.10 bits per heavy atom. The van der Waals surface area contributed by atoms with Gasteiger partial charge in [-0.2, -0.15) is 0 Å². The molecule has 0 atom stereocenters. The number of ether oxygens (including phenoxy) is 1. The van der Waals surface area contributed by atoms with Gasteiger partial charge in [-0.3, -0.25) is 0 Å². The van der Waals surface area contributed by atoms with Gasteiger partial charge in [0.15, 0.2) is 0 Å². The third kappa shape index (κ3) is 11.3. The highest BCUT2D eigenvalue weighted by atomic mass is 16.5. The van der Waals surface area contributed by atoms with E-state index in [4.69, 9.17) is 4.74 Å². The van der Waals surface area contributed by atoms with Gasteiger partial charge in [-0.25, -0.2) is 5.43 Å². The molecule has 1 aromatic rings. The minimum atomic E-state index is -0.0896. The summed E-state index contributed by atoms with van der Waals surface area (Å²) in [5, 5.41) is 0. The molecule has 21 heavy (non-hydrogen) atoms. The highest BCUT2D eigenvalue weighted by Gasteiger charge is 2.17. The van der Waals surface area contributed by atoms with Crippen LogP contribution in [0.3, 0.4) is 0 Å². The SMILES string of the molecule is CC.CC(C)CCCOCC(C)(C)NNc1ccccc1. The Balaban J connectivity index is 0.00000191. The first-order valence-corrected chi connectivity index (χ1v) is 8.15. The van der Waals surface area contributed by atoms with Crippen LogP contribution in [0, 0.1) is 5.92 Å². The highest BCUT2D eigenvalue weighted by Crippen LogP contribution is 2.08. The van der Waals surface area contributed by atoms with Crippen LogP contribution in [0.25, 0.3) is 0 Å². The van der Waals surface area contributed by atoms with Gasteiger partial charge in [0.05, 0.1) is 12.1 Å². The normalized spacial score (nSPS) is 11.0. The van der Waals surface area contributed by atoms with Crippen LogP contribution < -0.4 is 10.9 Å². The molecule has 0 heterocycles. The lowest BCUT2D eigenvalue weighted by molar-refractivity contribution is 0.0814. The number of para-hydroxylation sites is 1. The molecule has 3 heteroatoms. The maximum Gasteiger partial charge on any atom is 0.0660 e. The summed E-state index contributed by atoms with van der Waals surface area (Å²) in [5.74, 6) is 0.759. The number of hydrogen-bond donors (Lipinski definition) is 2. The van der Waals surface area contributed by atoms with E-state index < -0.39 is 0 Å². The Bertz CT molecular complexity index is 336. The summed E-state index contributed by atoms with van der Waals surface area (Å²) in [6.45, 7) is 14.3. The van der Waals surface area contributed by atoms with Crippen molar-refractivity contribution in [3.63, 3.8) is 0 Å². The standard InChI is InChI=1S/C16H28N2O.C2H6/c1-14(2)9-8-12-19-13-16(3,4)18-17-15-10-6-5-7-11-15;1-2/h5-7,10-11,14,17-18H,8-9,12-13H2,1-4H3;1-2H3.